The zero-order valence-electron chi connectivity index (χ0n) is 11.5. The highest BCUT2D eigenvalue weighted by atomic mass is 15.2. The van der Waals surface area contributed by atoms with E-state index in [1.54, 1.807) is 0 Å². The van der Waals surface area contributed by atoms with Gasteiger partial charge in [-0.05, 0) is 36.1 Å². The molecule has 2 aromatic carbocycles. The number of nitriles is 1. The normalized spacial score (nSPS) is 14.2. The van der Waals surface area contributed by atoms with Gasteiger partial charge in [-0.1, -0.05) is 42.5 Å². The molecule has 0 unspecified atom stereocenters. The fourth-order valence-corrected chi connectivity index (χ4v) is 2.55. The van der Waals surface area contributed by atoms with Crippen LogP contribution in [0.15, 0.2) is 54.6 Å². The highest BCUT2D eigenvalue weighted by Gasteiger charge is 2.28. The molecule has 1 fully saturated rings. The Kier molecular flexibility index (Phi) is 3.80. The summed E-state index contributed by atoms with van der Waals surface area (Å²) in [4.78, 5) is 2.52. The minimum Gasteiger partial charge on any atom is -0.292 e. The highest BCUT2D eigenvalue weighted by Crippen LogP contribution is 2.29. The van der Waals surface area contributed by atoms with Gasteiger partial charge in [-0.3, -0.25) is 4.90 Å². The summed E-state index contributed by atoms with van der Waals surface area (Å²) in [6, 6.07) is 21.5. The van der Waals surface area contributed by atoms with Crippen LogP contribution in [0.3, 0.4) is 0 Å². The van der Waals surface area contributed by atoms with Crippen LogP contribution in [0.4, 0.5) is 0 Å². The molecule has 0 heterocycles. The lowest BCUT2D eigenvalue weighted by molar-refractivity contribution is 0.246. The molecule has 1 aliphatic rings. The van der Waals surface area contributed by atoms with Crippen LogP contribution in [0.25, 0.3) is 0 Å². The fourth-order valence-electron chi connectivity index (χ4n) is 2.55. The average molecular weight is 262 g/mol. The lowest BCUT2D eigenvalue weighted by Crippen LogP contribution is -2.25. The molecule has 0 N–H and O–H groups in total. The van der Waals surface area contributed by atoms with Gasteiger partial charge >= 0.3 is 0 Å². The Bertz CT molecular complexity index is 609. The molecule has 0 spiro atoms. The van der Waals surface area contributed by atoms with E-state index in [4.69, 9.17) is 5.26 Å². The first-order valence-electron chi connectivity index (χ1n) is 7.12. The lowest BCUT2D eigenvalue weighted by Gasteiger charge is -2.22. The van der Waals surface area contributed by atoms with E-state index in [2.05, 4.69) is 47.4 Å². The molecule has 20 heavy (non-hydrogen) atoms. The minimum absolute atomic E-state index is 0.709. The number of hydrogen-bond donors (Lipinski definition) is 0. The van der Waals surface area contributed by atoms with Crippen molar-refractivity contribution < 1.29 is 0 Å². The Balaban J connectivity index is 1.73. The van der Waals surface area contributed by atoms with Crippen molar-refractivity contribution in [3.8, 4) is 6.07 Å². The molecular formula is C18H18N2. The second-order valence-corrected chi connectivity index (χ2v) is 5.43. The lowest BCUT2D eigenvalue weighted by atomic mass is 10.1. The van der Waals surface area contributed by atoms with Gasteiger partial charge in [-0.25, -0.2) is 0 Å². The number of hydrogen-bond acceptors (Lipinski definition) is 2. The first-order chi connectivity index (χ1) is 9.85. The SMILES string of the molecule is N#Cc1cccc(CN(Cc2ccccc2)C2CC2)c1. The molecule has 0 saturated heterocycles. The second kappa shape index (κ2) is 5.90. The second-order valence-electron chi connectivity index (χ2n) is 5.43. The zero-order chi connectivity index (χ0) is 13.8. The van der Waals surface area contributed by atoms with E-state index < -0.39 is 0 Å². The van der Waals surface area contributed by atoms with Gasteiger partial charge in [-0.2, -0.15) is 5.26 Å². The summed E-state index contributed by atoms with van der Waals surface area (Å²) < 4.78 is 0. The van der Waals surface area contributed by atoms with Crippen molar-refractivity contribution >= 4 is 0 Å². The molecule has 100 valence electrons. The van der Waals surface area contributed by atoms with Crippen LogP contribution in [-0.4, -0.2) is 10.9 Å². The van der Waals surface area contributed by atoms with Crippen LogP contribution in [0.5, 0.6) is 0 Å². The van der Waals surface area contributed by atoms with Gasteiger partial charge in [0.2, 0.25) is 0 Å². The fraction of sp³-hybridized carbons (Fsp3) is 0.278. The Hall–Kier alpha value is -2.11. The minimum atomic E-state index is 0.709. The van der Waals surface area contributed by atoms with Gasteiger partial charge in [0.25, 0.3) is 0 Å². The summed E-state index contributed by atoms with van der Waals surface area (Å²) >= 11 is 0. The summed E-state index contributed by atoms with van der Waals surface area (Å²) in [5.74, 6) is 0. The maximum absolute atomic E-state index is 8.99. The van der Waals surface area contributed by atoms with Crippen molar-refractivity contribution in [2.45, 2.75) is 32.0 Å². The predicted molar refractivity (Wildman–Crippen MR) is 79.9 cm³/mol. The third kappa shape index (κ3) is 3.26. The van der Waals surface area contributed by atoms with Crippen LogP contribution in [0.2, 0.25) is 0 Å². The molecule has 0 bridgehead atoms. The molecule has 2 aromatic rings. The predicted octanol–water partition coefficient (Wildman–Crippen LogP) is 3.72. The molecule has 3 rings (SSSR count). The molecule has 0 atom stereocenters. The molecular weight excluding hydrogens is 244 g/mol. The summed E-state index contributed by atoms with van der Waals surface area (Å²) in [7, 11) is 0. The van der Waals surface area contributed by atoms with E-state index in [-0.39, 0.29) is 0 Å². The summed E-state index contributed by atoms with van der Waals surface area (Å²) in [6.45, 7) is 1.91. The van der Waals surface area contributed by atoms with Crippen molar-refractivity contribution in [1.29, 1.82) is 5.26 Å². The van der Waals surface area contributed by atoms with Gasteiger partial charge in [0.05, 0.1) is 11.6 Å². The van der Waals surface area contributed by atoms with Crippen molar-refractivity contribution in [3.63, 3.8) is 0 Å². The van der Waals surface area contributed by atoms with Crippen molar-refractivity contribution in [1.82, 2.24) is 4.90 Å². The van der Waals surface area contributed by atoms with E-state index in [0.717, 1.165) is 18.7 Å². The van der Waals surface area contributed by atoms with Crippen LogP contribution in [0.1, 0.15) is 29.5 Å². The number of benzene rings is 2. The summed E-state index contributed by atoms with van der Waals surface area (Å²) in [5.41, 5.74) is 3.33. The van der Waals surface area contributed by atoms with Crippen molar-refractivity contribution in [2.24, 2.45) is 0 Å². The van der Waals surface area contributed by atoms with Crippen molar-refractivity contribution in [3.05, 3.63) is 71.3 Å². The first kappa shape index (κ1) is 12.9. The third-order valence-electron chi connectivity index (χ3n) is 3.73. The molecule has 2 heteroatoms. The van der Waals surface area contributed by atoms with Crippen LogP contribution in [0, 0.1) is 11.3 Å². The molecule has 1 saturated carbocycles. The maximum atomic E-state index is 8.99. The van der Waals surface area contributed by atoms with Gasteiger partial charge in [0.15, 0.2) is 0 Å². The largest absolute Gasteiger partial charge is 0.292 e. The third-order valence-corrected chi connectivity index (χ3v) is 3.73. The quantitative estimate of drug-likeness (QED) is 0.821. The van der Waals surface area contributed by atoms with E-state index in [1.165, 1.54) is 24.0 Å². The molecule has 0 aromatic heterocycles. The van der Waals surface area contributed by atoms with Gasteiger partial charge in [0, 0.05) is 19.1 Å². The molecule has 0 radical (unpaired) electrons. The Morgan fingerprint density at radius 3 is 2.35 bits per heavy atom. The summed E-state index contributed by atoms with van der Waals surface area (Å²) in [6.07, 6.45) is 2.59. The van der Waals surface area contributed by atoms with Gasteiger partial charge in [-0.15, -0.1) is 0 Å². The Morgan fingerprint density at radius 2 is 1.65 bits per heavy atom. The van der Waals surface area contributed by atoms with Gasteiger partial charge < -0.3 is 0 Å². The molecule has 0 aliphatic heterocycles. The first-order valence-corrected chi connectivity index (χ1v) is 7.12. The average Bonchev–Trinajstić information content (AvgIpc) is 3.33. The zero-order valence-corrected chi connectivity index (χ0v) is 11.5. The van der Waals surface area contributed by atoms with E-state index in [9.17, 15) is 0 Å². The van der Waals surface area contributed by atoms with Crippen molar-refractivity contribution in [2.75, 3.05) is 0 Å². The monoisotopic (exact) mass is 262 g/mol. The smallest absolute Gasteiger partial charge is 0.0991 e. The topological polar surface area (TPSA) is 27.0 Å². The number of rotatable bonds is 5. The van der Waals surface area contributed by atoms with E-state index in [1.807, 2.05) is 18.2 Å². The van der Waals surface area contributed by atoms with Crippen LogP contribution in [-0.2, 0) is 13.1 Å². The van der Waals surface area contributed by atoms with E-state index in [0.29, 0.717) is 6.04 Å². The Labute approximate surface area is 120 Å². The maximum Gasteiger partial charge on any atom is 0.0991 e. The Morgan fingerprint density at radius 1 is 0.950 bits per heavy atom. The van der Waals surface area contributed by atoms with E-state index >= 15 is 0 Å². The number of nitrogens with zero attached hydrogens (tertiary/aromatic N) is 2. The highest BCUT2D eigenvalue weighted by molar-refractivity contribution is 5.32. The molecule has 2 nitrogen and oxygen atoms in total. The van der Waals surface area contributed by atoms with Crippen LogP contribution < -0.4 is 0 Å². The van der Waals surface area contributed by atoms with Gasteiger partial charge in [0.1, 0.15) is 0 Å². The molecule has 1 aliphatic carbocycles. The van der Waals surface area contributed by atoms with Crippen LogP contribution >= 0.6 is 0 Å². The standard InChI is InChI=1S/C18H18N2/c19-12-16-7-4-8-17(11-16)14-20(18-9-10-18)13-15-5-2-1-3-6-15/h1-8,11,18H,9-10,13-14H2. The molecule has 0 amide bonds. The summed E-state index contributed by atoms with van der Waals surface area (Å²) in [5, 5.41) is 8.99.